The summed E-state index contributed by atoms with van der Waals surface area (Å²) in [5, 5.41) is 1.68. The summed E-state index contributed by atoms with van der Waals surface area (Å²) in [5.74, 6) is 0. The van der Waals surface area contributed by atoms with Crippen LogP contribution in [0.2, 0.25) is 18.6 Å². The molecule has 2 aliphatic rings. The second-order valence-electron chi connectivity index (χ2n) is 3.64. The molecule has 54 valence electrons. The van der Waals surface area contributed by atoms with Crippen molar-refractivity contribution in [2.75, 3.05) is 0 Å². The molecule has 0 radical (unpaired) electrons. The largest absolute Gasteiger partial charge is 1.00 e. The fraction of sp³-hybridized carbons (Fsp3) is 0.556. The molecule has 0 aromatic rings. The predicted molar refractivity (Wildman–Crippen MR) is 46.4 cm³/mol. The van der Waals surface area contributed by atoms with Gasteiger partial charge in [0.05, 0.1) is 8.07 Å². The number of allylic oxidation sites excluding steroid dienone is 4. The Morgan fingerprint density at radius 3 is 2.55 bits per heavy atom. The summed E-state index contributed by atoms with van der Waals surface area (Å²) in [4.78, 5) is 0. The minimum atomic E-state index is -0.821. The van der Waals surface area contributed by atoms with Gasteiger partial charge < -0.3 is 0 Å². The summed E-state index contributed by atoms with van der Waals surface area (Å²) in [7, 11) is -0.821. The molecular formula is C9H13LiSi. The molecule has 1 aliphatic heterocycles. The molecule has 2 rings (SSSR count). The van der Waals surface area contributed by atoms with Gasteiger partial charge in [-0.2, -0.15) is 5.20 Å². The van der Waals surface area contributed by atoms with Crippen LogP contribution in [0.15, 0.2) is 17.3 Å². The average molecular weight is 156 g/mol. The minimum Gasteiger partial charge on any atom is -0.257 e. The van der Waals surface area contributed by atoms with Crippen LogP contribution in [-0.2, 0) is 0 Å². The van der Waals surface area contributed by atoms with Crippen molar-refractivity contribution in [3.63, 3.8) is 0 Å². The van der Waals surface area contributed by atoms with Crippen LogP contribution in [0.25, 0.3) is 0 Å². The van der Waals surface area contributed by atoms with Crippen LogP contribution >= 0.6 is 0 Å². The van der Waals surface area contributed by atoms with Gasteiger partial charge in [-0.25, -0.2) is 12.2 Å². The van der Waals surface area contributed by atoms with E-state index in [2.05, 4.69) is 24.8 Å². The molecule has 0 saturated carbocycles. The molecular weight excluding hydrogens is 143 g/mol. The fourth-order valence-corrected chi connectivity index (χ4v) is 4.88. The van der Waals surface area contributed by atoms with Crippen molar-refractivity contribution in [2.24, 2.45) is 0 Å². The first-order valence-corrected chi connectivity index (χ1v) is 7.01. The molecule has 0 nitrogen and oxygen atoms in total. The molecule has 2 heteroatoms. The first kappa shape index (κ1) is 9.38. The van der Waals surface area contributed by atoms with Gasteiger partial charge in [0.2, 0.25) is 0 Å². The molecule has 0 unspecified atom stereocenters. The minimum absolute atomic E-state index is 0. The molecule has 1 fully saturated rings. The van der Waals surface area contributed by atoms with Gasteiger partial charge >= 0.3 is 18.9 Å². The Bertz CT molecular complexity index is 202. The van der Waals surface area contributed by atoms with E-state index in [1.54, 1.807) is 5.20 Å². The summed E-state index contributed by atoms with van der Waals surface area (Å²) in [5.41, 5.74) is 0. The SMILES string of the molecule is C[Si]1(C2=[C-]C=CC2)CCC1.[Li+]. The van der Waals surface area contributed by atoms with Crippen LogP contribution in [0.1, 0.15) is 12.8 Å². The van der Waals surface area contributed by atoms with Crippen molar-refractivity contribution in [3.8, 4) is 0 Å². The number of hydrogen-bond donors (Lipinski definition) is 0. The summed E-state index contributed by atoms with van der Waals surface area (Å²) in [6, 6.07) is 3.05. The molecule has 0 aromatic carbocycles. The quantitative estimate of drug-likeness (QED) is 0.361. The van der Waals surface area contributed by atoms with Crippen molar-refractivity contribution in [1.82, 2.24) is 0 Å². The van der Waals surface area contributed by atoms with Crippen LogP contribution < -0.4 is 18.9 Å². The molecule has 0 N–H and O–H groups in total. The molecule has 0 spiro atoms. The number of rotatable bonds is 1. The van der Waals surface area contributed by atoms with E-state index in [4.69, 9.17) is 0 Å². The summed E-state index contributed by atoms with van der Waals surface area (Å²) in [6.45, 7) is 2.51. The van der Waals surface area contributed by atoms with Gasteiger partial charge in [-0.05, 0) is 0 Å². The predicted octanol–water partition coefficient (Wildman–Crippen LogP) is -0.299. The molecule has 1 aliphatic carbocycles. The van der Waals surface area contributed by atoms with Gasteiger partial charge in [-0.1, -0.05) is 25.1 Å². The Balaban J connectivity index is 0.000000605. The summed E-state index contributed by atoms with van der Waals surface area (Å²) < 4.78 is 0. The van der Waals surface area contributed by atoms with Gasteiger partial charge in [0.25, 0.3) is 0 Å². The van der Waals surface area contributed by atoms with E-state index < -0.39 is 8.07 Å². The maximum absolute atomic E-state index is 3.40. The van der Waals surface area contributed by atoms with E-state index in [0.717, 1.165) is 0 Å². The van der Waals surface area contributed by atoms with Crippen molar-refractivity contribution in [3.05, 3.63) is 23.4 Å². The number of hydrogen-bond acceptors (Lipinski definition) is 0. The molecule has 0 amide bonds. The standard InChI is InChI=1S/C9H13Si.Li/c1-10(7-4-8-10)9-5-2-3-6-9;/h2-3H,4-5,7-8H2,1H3;/q-1;+1. The van der Waals surface area contributed by atoms with Gasteiger partial charge in [-0.3, -0.25) is 6.08 Å². The fourth-order valence-electron chi connectivity index (χ4n) is 1.82. The average Bonchev–Trinajstić information content (AvgIpc) is 2.33. The van der Waals surface area contributed by atoms with Gasteiger partial charge in [0.1, 0.15) is 0 Å². The smallest absolute Gasteiger partial charge is 0.257 e. The third-order valence-corrected chi connectivity index (χ3v) is 7.60. The maximum Gasteiger partial charge on any atom is 1.00 e. The van der Waals surface area contributed by atoms with E-state index in [-0.39, 0.29) is 18.9 Å². The third-order valence-electron chi connectivity index (χ3n) is 2.88. The second kappa shape index (κ2) is 3.35. The molecule has 0 atom stereocenters. The van der Waals surface area contributed by atoms with Crippen molar-refractivity contribution >= 4 is 8.07 Å². The Morgan fingerprint density at radius 1 is 1.45 bits per heavy atom. The van der Waals surface area contributed by atoms with E-state index >= 15 is 0 Å². The molecule has 11 heavy (non-hydrogen) atoms. The Labute approximate surface area is 81.9 Å². The zero-order valence-electron chi connectivity index (χ0n) is 7.48. The van der Waals surface area contributed by atoms with Crippen LogP contribution in [0.5, 0.6) is 0 Å². The van der Waals surface area contributed by atoms with E-state index in [1.165, 1.54) is 24.9 Å². The van der Waals surface area contributed by atoms with Gasteiger partial charge in [0.15, 0.2) is 0 Å². The zero-order chi connectivity index (χ0) is 7.03. The van der Waals surface area contributed by atoms with Crippen LogP contribution in [0, 0.1) is 6.08 Å². The Hall–Kier alpha value is 0.294. The third kappa shape index (κ3) is 1.56. The van der Waals surface area contributed by atoms with Crippen molar-refractivity contribution < 1.29 is 18.9 Å². The van der Waals surface area contributed by atoms with E-state index in [9.17, 15) is 0 Å². The molecule has 1 heterocycles. The monoisotopic (exact) mass is 156 g/mol. The summed E-state index contributed by atoms with van der Waals surface area (Å²) >= 11 is 0. The Kier molecular flexibility index (Phi) is 2.86. The first-order chi connectivity index (χ1) is 4.81. The Morgan fingerprint density at radius 2 is 2.18 bits per heavy atom. The van der Waals surface area contributed by atoms with Crippen LogP contribution in [0.4, 0.5) is 0 Å². The van der Waals surface area contributed by atoms with Crippen molar-refractivity contribution in [1.29, 1.82) is 0 Å². The first-order valence-electron chi connectivity index (χ1n) is 4.09. The van der Waals surface area contributed by atoms with Crippen LogP contribution in [-0.4, -0.2) is 8.07 Å². The van der Waals surface area contributed by atoms with E-state index in [0.29, 0.717) is 0 Å². The van der Waals surface area contributed by atoms with Gasteiger partial charge in [0, 0.05) is 0 Å². The maximum atomic E-state index is 3.40. The topological polar surface area (TPSA) is 0 Å². The normalized spacial score (nSPS) is 25.4. The van der Waals surface area contributed by atoms with Crippen LogP contribution in [0.3, 0.4) is 0 Å². The zero-order valence-corrected chi connectivity index (χ0v) is 8.48. The molecule has 0 aromatic heterocycles. The van der Waals surface area contributed by atoms with E-state index in [1.807, 2.05) is 0 Å². The van der Waals surface area contributed by atoms with Gasteiger partial charge in [-0.15, -0.1) is 6.42 Å². The molecule has 1 saturated heterocycles. The summed E-state index contributed by atoms with van der Waals surface area (Å²) in [6.07, 6.45) is 10.4. The van der Waals surface area contributed by atoms with Crippen molar-refractivity contribution in [2.45, 2.75) is 31.5 Å². The second-order valence-corrected chi connectivity index (χ2v) is 8.37. The molecule has 0 bridgehead atoms.